The summed E-state index contributed by atoms with van der Waals surface area (Å²) in [7, 11) is -3.62. The van der Waals surface area contributed by atoms with Crippen molar-refractivity contribution in [3.05, 3.63) is 58.9 Å². The van der Waals surface area contributed by atoms with Gasteiger partial charge < -0.3 is 5.32 Å². The van der Waals surface area contributed by atoms with E-state index in [-0.39, 0.29) is 23.0 Å². The van der Waals surface area contributed by atoms with E-state index in [4.69, 9.17) is 0 Å². The van der Waals surface area contributed by atoms with Gasteiger partial charge in [-0.1, -0.05) is 26.0 Å². The molecule has 0 fully saturated rings. The van der Waals surface area contributed by atoms with Gasteiger partial charge in [0.2, 0.25) is 15.9 Å². The lowest BCUT2D eigenvalue weighted by Crippen LogP contribution is -2.30. The molecule has 0 saturated carbocycles. The predicted octanol–water partition coefficient (Wildman–Crippen LogP) is 3.65. The third kappa shape index (κ3) is 4.93. The van der Waals surface area contributed by atoms with E-state index in [1.165, 1.54) is 22.5 Å². The van der Waals surface area contributed by atoms with Crippen molar-refractivity contribution in [2.75, 3.05) is 18.4 Å². The number of nitrogens with zero attached hydrogens (tertiary/aromatic N) is 1. The number of nitrogens with one attached hydrogen (secondary N) is 1. The Morgan fingerprint density at radius 2 is 1.67 bits per heavy atom. The molecule has 2 rings (SSSR count). The first-order valence-corrected chi connectivity index (χ1v) is 10.3. The lowest BCUT2D eigenvalue weighted by atomic mass is 10.1. The molecule has 7 heteroatoms. The van der Waals surface area contributed by atoms with Crippen LogP contribution in [0, 0.1) is 19.7 Å². The van der Waals surface area contributed by atoms with Gasteiger partial charge >= 0.3 is 0 Å². The number of halogens is 1. The van der Waals surface area contributed by atoms with E-state index in [9.17, 15) is 17.6 Å². The standard InChI is InChI=1S/C20H25FN2O3S/c1-5-23(6-2)27(25,26)18-11-14(3)15(4)19(13-18)22-20(24)12-16-7-9-17(21)10-8-16/h7-11,13H,5-6,12H2,1-4H3,(H,22,24). The number of hydrogen-bond acceptors (Lipinski definition) is 3. The highest BCUT2D eigenvalue weighted by molar-refractivity contribution is 7.89. The van der Waals surface area contributed by atoms with Gasteiger partial charge in [0.15, 0.2) is 0 Å². The highest BCUT2D eigenvalue weighted by atomic mass is 32.2. The van der Waals surface area contributed by atoms with Crippen molar-refractivity contribution >= 4 is 21.6 Å². The van der Waals surface area contributed by atoms with Crippen LogP contribution in [0.2, 0.25) is 0 Å². The van der Waals surface area contributed by atoms with Crippen LogP contribution in [0.5, 0.6) is 0 Å². The summed E-state index contributed by atoms with van der Waals surface area (Å²) in [5.41, 5.74) is 2.73. The summed E-state index contributed by atoms with van der Waals surface area (Å²) in [5, 5.41) is 2.79. The van der Waals surface area contributed by atoms with Crippen molar-refractivity contribution < 1.29 is 17.6 Å². The molecule has 0 aromatic heterocycles. The second-order valence-corrected chi connectivity index (χ2v) is 8.29. The molecule has 0 aliphatic carbocycles. The maximum atomic E-state index is 13.0. The van der Waals surface area contributed by atoms with Crippen LogP contribution in [0.25, 0.3) is 0 Å². The first kappa shape index (κ1) is 21.1. The maximum absolute atomic E-state index is 13.0. The van der Waals surface area contributed by atoms with Crippen molar-refractivity contribution in [1.82, 2.24) is 4.31 Å². The van der Waals surface area contributed by atoms with Crippen molar-refractivity contribution in [3.63, 3.8) is 0 Å². The number of benzene rings is 2. The highest BCUT2D eigenvalue weighted by Gasteiger charge is 2.23. The van der Waals surface area contributed by atoms with Crippen LogP contribution in [0.1, 0.15) is 30.5 Å². The molecule has 0 heterocycles. The molecule has 0 radical (unpaired) electrons. The maximum Gasteiger partial charge on any atom is 0.243 e. The Labute approximate surface area is 160 Å². The minimum Gasteiger partial charge on any atom is -0.326 e. The van der Waals surface area contributed by atoms with Gasteiger partial charge in [-0.3, -0.25) is 4.79 Å². The van der Waals surface area contributed by atoms with E-state index < -0.39 is 10.0 Å². The third-order valence-corrected chi connectivity index (χ3v) is 6.56. The molecule has 2 aromatic carbocycles. The van der Waals surface area contributed by atoms with Gasteiger partial charge in [0.25, 0.3) is 0 Å². The van der Waals surface area contributed by atoms with Crippen LogP contribution in [-0.2, 0) is 21.2 Å². The Kier molecular flexibility index (Phi) is 6.73. The molecule has 2 aromatic rings. The molecule has 27 heavy (non-hydrogen) atoms. The molecule has 0 aliphatic heterocycles. The van der Waals surface area contributed by atoms with Crippen molar-refractivity contribution in [3.8, 4) is 0 Å². The summed E-state index contributed by atoms with van der Waals surface area (Å²) < 4.78 is 40.0. The Morgan fingerprint density at radius 3 is 2.22 bits per heavy atom. The van der Waals surface area contributed by atoms with Gasteiger partial charge in [-0.25, -0.2) is 12.8 Å². The summed E-state index contributed by atoms with van der Waals surface area (Å²) in [6.07, 6.45) is 0.0752. The number of anilines is 1. The first-order chi connectivity index (χ1) is 12.7. The zero-order valence-corrected chi connectivity index (χ0v) is 16.9. The second-order valence-electron chi connectivity index (χ2n) is 6.35. The summed E-state index contributed by atoms with van der Waals surface area (Å²) in [4.78, 5) is 12.5. The molecule has 1 N–H and O–H groups in total. The highest BCUT2D eigenvalue weighted by Crippen LogP contribution is 2.26. The normalized spacial score (nSPS) is 11.6. The van der Waals surface area contributed by atoms with Gasteiger partial charge in [0.1, 0.15) is 5.82 Å². The van der Waals surface area contributed by atoms with Crippen LogP contribution < -0.4 is 5.32 Å². The zero-order chi connectivity index (χ0) is 20.2. The average molecular weight is 392 g/mol. The number of aryl methyl sites for hydroxylation is 1. The minimum absolute atomic E-state index is 0.0752. The number of rotatable bonds is 7. The van der Waals surface area contributed by atoms with E-state index in [2.05, 4.69) is 5.32 Å². The Balaban J connectivity index is 2.30. The lowest BCUT2D eigenvalue weighted by Gasteiger charge is -2.20. The fourth-order valence-electron chi connectivity index (χ4n) is 2.80. The van der Waals surface area contributed by atoms with Crippen LogP contribution >= 0.6 is 0 Å². The molecule has 5 nitrogen and oxygen atoms in total. The quantitative estimate of drug-likeness (QED) is 0.782. The monoisotopic (exact) mass is 392 g/mol. The summed E-state index contributed by atoms with van der Waals surface area (Å²) in [6, 6.07) is 8.82. The Bertz CT molecular complexity index is 921. The fourth-order valence-corrected chi connectivity index (χ4v) is 4.37. The van der Waals surface area contributed by atoms with Gasteiger partial charge in [-0.2, -0.15) is 4.31 Å². The topological polar surface area (TPSA) is 66.5 Å². The number of carbonyl (C=O) groups is 1. The van der Waals surface area contributed by atoms with E-state index in [1.807, 2.05) is 13.8 Å². The number of sulfonamides is 1. The number of amides is 1. The van der Waals surface area contributed by atoms with Gasteiger partial charge in [-0.05, 0) is 54.8 Å². The fraction of sp³-hybridized carbons (Fsp3) is 0.350. The van der Waals surface area contributed by atoms with Crippen LogP contribution in [0.15, 0.2) is 41.3 Å². The molecule has 146 valence electrons. The number of carbonyl (C=O) groups excluding carboxylic acids is 1. The molecule has 0 atom stereocenters. The van der Waals surface area contributed by atoms with Gasteiger partial charge in [-0.15, -0.1) is 0 Å². The summed E-state index contributed by atoms with van der Waals surface area (Å²) in [5.74, 6) is -0.651. The largest absolute Gasteiger partial charge is 0.326 e. The summed E-state index contributed by atoms with van der Waals surface area (Å²) >= 11 is 0. The van der Waals surface area contributed by atoms with E-state index in [0.29, 0.717) is 24.3 Å². The third-order valence-electron chi connectivity index (χ3n) is 4.54. The van der Waals surface area contributed by atoms with Crippen molar-refractivity contribution in [2.45, 2.75) is 39.0 Å². The minimum atomic E-state index is -3.62. The SMILES string of the molecule is CCN(CC)S(=O)(=O)c1cc(C)c(C)c(NC(=O)Cc2ccc(F)cc2)c1. The lowest BCUT2D eigenvalue weighted by molar-refractivity contribution is -0.115. The molecular formula is C20H25FN2O3S. The zero-order valence-electron chi connectivity index (χ0n) is 16.0. The molecule has 0 bridgehead atoms. The average Bonchev–Trinajstić information content (AvgIpc) is 2.61. The van der Waals surface area contributed by atoms with E-state index in [1.54, 1.807) is 32.0 Å². The number of hydrogen-bond donors (Lipinski definition) is 1. The Hall–Kier alpha value is -2.25. The first-order valence-electron chi connectivity index (χ1n) is 8.84. The molecule has 0 unspecified atom stereocenters. The Morgan fingerprint density at radius 1 is 1.07 bits per heavy atom. The van der Waals surface area contributed by atoms with Crippen LogP contribution in [0.4, 0.5) is 10.1 Å². The van der Waals surface area contributed by atoms with Crippen LogP contribution in [0.3, 0.4) is 0 Å². The van der Waals surface area contributed by atoms with E-state index >= 15 is 0 Å². The molecule has 1 amide bonds. The molecule has 0 spiro atoms. The van der Waals surface area contributed by atoms with Crippen molar-refractivity contribution in [1.29, 1.82) is 0 Å². The summed E-state index contributed by atoms with van der Waals surface area (Å²) in [6.45, 7) is 7.96. The van der Waals surface area contributed by atoms with E-state index in [0.717, 1.165) is 11.1 Å². The smallest absolute Gasteiger partial charge is 0.243 e. The van der Waals surface area contributed by atoms with Gasteiger partial charge in [0.05, 0.1) is 11.3 Å². The molecule has 0 aliphatic rings. The van der Waals surface area contributed by atoms with Crippen LogP contribution in [-0.4, -0.2) is 31.7 Å². The van der Waals surface area contributed by atoms with Crippen molar-refractivity contribution in [2.24, 2.45) is 0 Å². The predicted molar refractivity (Wildman–Crippen MR) is 105 cm³/mol. The van der Waals surface area contributed by atoms with Gasteiger partial charge in [0, 0.05) is 18.8 Å². The molecular weight excluding hydrogens is 367 g/mol. The molecule has 0 saturated heterocycles. The second kappa shape index (κ2) is 8.63.